The van der Waals surface area contributed by atoms with E-state index in [-0.39, 0.29) is 16.9 Å². The van der Waals surface area contributed by atoms with Crippen LogP contribution in [-0.2, 0) is 11.8 Å². The molecular formula is C18H30ClNO. The van der Waals surface area contributed by atoms with E-state index in [9.17, 15) is 0 Å². The lowest BCUT2D eigenvalue weighted by Crippen LogP contribution is -2.25. The average Bonchev–Trinajstić information content (AvgIpc) is 2.24. The number of methoxy groups -OCH3 is 1. The molecule has 3 heteroatoms. The van der Waals surface area contributed by atoms with E-state index in [1.807, 2.05) is 13.0 Å². The van der Waals surface area contributed by atoms with Gasteiger partial charge in [-0.2, -0.15) is 0 Å². The molecule has 0 fully saturated rings. The maximum absolute atomic E-state index is 6.43. The molecule has 1 unspecified atom stereocenters. The lowest BCUT2D eigenvalue weighted by Gasteiger charge is -2.33. The minimum absolute atomic E-state index is 0.0563. The smallest absolute Gasteiger partial charge is 0.140 e. The summed E-state index contributed by atoms with van der Waals surface area (Å²) in [5.74, 6) is 0.754. The standard InChI is InChI=1S/C18H30ClNO/c1-12(20)8-13-9-14(10-15(19)16(13)21-7)18(5,6)11-17(2,3)4/h9-10,12H,8,11,20H2,1-7H3. The summed E-state index contributed by atoms with van der Waals surface area (Å²) in [7, 11) is 1.66. The first kappa shape index (κ1) is 18.3. The van der Waals surface area contributed by atoms with Crippen molar-refractivity contribution in [1.82, 2.24) is 0 Å². The summed E-state index contributed by atoms with van der Waals surface area (Å²) in [4.78, 5) is 0. The summed E-state index contributed by atoms with van der Waals surface area (Å²) in [6.07, 6.45) is 1.85. The lowest BCUT2D eigenvalue weighted by atomic mass is 9.72. The van der Waals surface area contributed by atoms with Crippen LogP contribution in [0.2, 0.25) is 5.02 Å². The fourth-order valence-corrected chi connectivity index (χ4v) is 3.51. The van der Waals surface area contributed by atoms with Crippen LogP contribution >= 0.6 is 11.6 Å². The predicted molar refractivity (Wildman–Crippen MR) is 92.5 cm³/mol. The summed E-state index contributed by atoms with van der Waals surface area (Å²) in [6.45, 7) is 13.3. The second-order valence-electron chi connectivity index (χ2n) is 7.95. The van der Waals surface area contributed by atoms with Crippen molar-refractivity contribution in [2.45, 2.75) is 65.8 Å². The zero-order valence-corrected chi connectivity index (χ0v) is 15.3. The van der Waals surface area contributed by atoms with Crippen LogP contribution in [0.5, 0.6) is 5.75 Å². The molecule has 0 radical (unpaired) electrons. The third kappa shape index (κ3) is 5.19. The maximum atomic E-state index is 6.43. The fourth-order valence-electron chi connectivity index (χ4n) is 3.20. The Morgan fingerprint density at radius 1 is 1.19 bits per heavy atom. The molecule has 2 N–H and O–H groups in total. The summed E-state index contributed by atoms with van der Waals surface area (Å²) >= 11 is 6.43. The SMILES string of the molecule is COc1c(Cl)cc(C(C)(C)CC(C)(C)C)cc1CC(C)N. The summed E-state index contributed by atoms with van der Waals surface area (Å²) in [5, 5.41) is 0.674. The molecule has 1 atom stereocenters. The number of halogens is 1. The van der Waals surface area contributed by atoms with Crippen LogP contribution in [0.4, 0.5) is 0 Å². The summed E-state index contributed by atoms with van der Waals surface area (Å²) < 4.78 is 5.46. The van der Waals surface area contributed by atoms with Crippen molar-refractivity contribution in [2.75, 3.05) is 7.11 Å². The minimum Gasteiger partial charge on any atom is -0.495 e. The van der Waals surface area contributed by atoms with E-state index < -0.39 is 0 Å². The molecule has 0 aliphatic carbocycles. The third-order valence-corrected chi connectivity index (χ3v) is 3.90. The predicted octanol–water partition coefficient (Wildman–Crippen LogP) is 4.95. The highest BCUT2D eigenvalue weighted by atomic mass is 35.5. The Bertz CT molecular complexity index is 487. The second kappa shape index (κ2) is 6.58. The quantitative estimate of drug-likeness (QED) is 0.834. The Labute approximate surface area is 135 Å². The Hall–Kier alpha value is -0.730. The van der Waals surface area contributed by atoms with E-state index in [4.69, 9.17) is 22.1 Å². The molecule has 0 saturated heterocycles. The van der Waals surface area contributed by atoms with Gasteiger partial charge in [0.1, 0.15) is 5.75 Å². The maximum Gasteiger partial charge on any atom is 0.140 e. The number of hydrogen-bond donors (Lipinski definition) is 1. The van der Waals surface area contributed by atoms with Crippen molar-refractivity contribution in [3.63, 3.8) is 0 Å². The molecule has 0 heterocycles. The van der Waals surface area contributed by atoms with Crippen LogP contribution in [0.3, 0.4) is 0 Å². The van der Waals surface area contributed by atoms with Crippen LogP contribution in [0.1, 0.15) is 59.1 Å². The van der Waals surface area contributed by atoms with Crippen molar-refractivity contribution in [2.24, 2.45) is 11.1 Å². The number of nitrogens with two attached hydrogens (primary N) is 1. The zero-order valence-electron chi connectivity index (χ0n) is 14.5. The summed E-state index contributed by atoms with van der Waals surface area (Å²) in [6, 6.07) is 4.33. The molecule has 0 bridgehead atoms. The van der Waals surface area contributed by atoms with Gasteiger partial charge >= 0.3 is 0 Å². The highest BCUT2D eigenvalue weighted by Gasteiger charge is 2.28. The van der Waals surface area contributed by atoms with Crippen molar-refractivity contribution < 1.29 is 4.74 Å². The van der Waals surface area contributed by atoms with Gasteiger partial charge in [-0.05, 0) is 47.8 Å². The monoisotopic (exact) mass is 311 g/mol. The molecule has 2 nitrogen and oxygen atoms in total. The second-order valence-corrected chi connectivity index (χ2v) is 8.36. The molecule has 0 amide bonds. The van der Waals surface area contributed by atoms with Gasteiger partial charge in [-0.15, -0.1) is 0 Å². The van der Waals surface area contributed by atoms with E-state index in [0.717, 1.165) is 24.2 Å². The van der Waals surface area contributed by atoms with E-state index in [0.29, 0.717) is 5.02 Å². The Balaban J connectivity index is 3.28. The fraction of sp³-hybridized carbons (Fsp3) is 0.667. The first-order valence-electron chi connectivity index (χ1n) is 7.59. The molecule has 1 rings (SSSR count). The Morgan fingerprint density at radius 3 is 2.19 bits per heavy atom. The Morgan fingerprint density at radius 2 is 1.76 bits per heavy atom. The largest absolute Gasteiger partial charge is 0.495 e. The zero-order chi connectivity index (χ0) is 16.4. The van der Waals surface area contributed by atoms with Gasteiger partial charge in [-0.3, -0.25) is 0 Å². The molecule has 0 aliphatic heterocycles. The van der Waals surface area contributed by atoms with Crippen LogP contribution < -0.4 is 10.5 Å². The molecular weight excluding hydrogens is 282 g/mol. The van der Waals surface area contributed by atoms with E-state index in [1.54, 1.807) is 7.11 Å². The van der Waals surface area contributed by atoms with Gasteiger partial charge in [0.25, 0.3) is 0 Å². The van der Waals surface area contributed by atoms with Crippen LogP contribution in [0.15, 0.2) is 12.1 Å². The van der Waals surface area contributed by atoms with Gasteiger partial charge < -0.3 is 10.5 Å². The van der Waals surface area contributed by atoms with E-state index in [1.165, 1.54) is 5.56 Å². The molecule has 21 heavy (non-hydrogen) atoms. The molecule has 1 aromatic rings. The van der Waals surface area contributed by atoms with Crippen LogP contribution in [0, 0.1) is 5.41 Å². The third-order valence-electron chi connectivity index (χ3n) is 3.62. The van der Waals surface area contributed by atoms with Crippen molar-refractivity contribution in [3.05, 3.63) is 28.3 Å². The molecule has 0 saturated carbocycles. The Kier molecular flexibility index (Phi) is 5.74. The molecule has 0 aliphatic rings. The summed E-state index contributed by atoms with van der Waals surface area (Å²) in [5.41, 5.74) is 8.62. The number of ether oxygens (including phenoxy) is 1. The topological polar surface area (TPSA) is 35.2 Å². The molecule has 0 spiro atoms. The van der Waals surface area contributed by atoms with Crippen molar-refractivity contribution >= 4 is 11.6 Å². The van der Waals surface area contributed by atoms with Gasteiger partial charge in [0, 0.05) is 6.04 Å². The average molecular weight is 312 g/mol. The minimum atomic E-state index is 0.0563. The van der Waals surface area contributed by atoms with Gasteiger partial charge in [0.2, 0.25) is 0 Å². The lowest BCUT2D eigenvalue weighted by molar-refractivity contribution is 0.284. The van der Waals surface area contributed by atoms with Crippen molar-refractivity contribution in [1.29, 1.82) is 0 Å². The first-order valence-corrected chi connectivity index (χ1v) is 7.96. The van der Waals surface area contributed by atoms with Gasteiger partial charge in [0.05, 0.1) is 12.1 Å². The van der Waals surface area contributed by atoms with Crippen LogP contribution in [-0.4, -0.2) is 13.2 Å². The van der Waals surface area contributed by atoms with Gasteiger partial charge in [0.15, 0.2) is 0 Å². The molecule has 0 aromatic heterocycles. The molecule has 1 aromatic carbocycles. The first-order chi connectivity index (χ1) is 9.46. The number of hydrogen-bond acceptors (Lipinski definition) is 2. The molecule has 120 valence electrons. The highest BCUT2D eigenvalue weighted by Crippen LogP contribution is 2.40. The highest BCUT2D eigenvalue weighted by molar-refractivity contribution is 6.32. The van der Waals surface area contributed by atoms with Crippen molar-refractivity contribution in [3.8, 4) is 5.75 Å². The van der Waals surface area contributed by atoms with E-state index >= 15 is 0 Å². The van der Waals surface area contributed by atoms with E-state index in [2.05, 4.69) is 40.7 Å². The number of benzene rings is 1. The normalized spacial score (nSPS) is 14.1. The number of rotatable bonds is 5. The van der Waals surface area contributed by atoms with Gasteiger partial charge in [-0.25, -0.2) is 0 Å². The van der Waals surface area contributed by atoms with Gasteiger partial charge in [-0.1, -0.05) is 52.3 Å². The van der Waals surface area contributed by atoms with Crippen LogP contribution in [0.25, 0.3) is 0 Å².